The van der Waals surface area contributed by atoms with Gasteiger partial charge in [-0.1, -0.05) is 6.08 Å². The van der Waals surface area contributed by atoms with Crippen molar-refractivity contribution in [3.63, 3.8) is 0 Å². The number of allylic oxidation sites excluding steroid dienone is 4. The maximum atomic E-state index is 13.1. The van der Waals surface area contributed by atoms with Crippen LogP contribution in [-0.2, 0) is 4.74 Å². The standard InChI is InChI=1S/C9H12FNO/c1-11-9-6-7(12-2)4-3-5-8(9)10/h3-4,6,11H,5H2,1-2H3. The molecule has 1 rings (SSSR count). The van der Waals surface area contributed by atoms with Gasteiger partial charge in [-0.3, -0.25) is 0 Å². The molecule has 0 aliphatic heterocycles. The first kappa shape index (κ1) is 8.84. The third-order valence-corrected chi connectivity index (χ3v) is 1.66. The van der Waals surface area contributed by atoms with E-state index in [1.807, 2.05) is 0 Å². The van der Waals surface area contributed by atoms with E-state index in [1.54, 1.807) is 32.4 Å². The minimum absolute atomic E-state index is 0.166. The number of halogens is 1. The summed E-state index contributed by atoms with van der Waals surface area (Å²) in [6.07, 6.45) is 5.44. The highest BCUT2D eigenvalue weighted by Crippen LogP contribution is 2.16. The Bertz CT molecular complexity index is 253. The molecule has 1 aliphatic carbocycles. The number of ether oxygens (including phenoxy) is 1. The number of nitrogens with one attached hydrogen (secondary N) is 1. The minimum atomic E-state index is -0.166. The lowest BCUT2D eigenvalue weighted by Gasteiger charge is -2.02. The molecule has 1 N–H and O–H groups in total. The third kappa shape index (κ3) is 1.87. The van der Waals surface area contributed by atoms with Crippen LogP contribution in [0.15, 0.2) is 35.5 Å². The Labute approximate surface area is 71.4 Å². The smallest absolute Gasteiger partial charge is 0.127 e. The first-order chi connectivity index (χ1) is 5.77. The van der Waals surface area contributed by atoms with Crippen LogP contribution in [0.3, 0.4) is 0 Å². The van der Waals surface area contributed by atoms with Gasteiger partial charge < -0.3 is 10.1 Å². The Morgan fingerprint density at radius 3 is 2.92 bits per heavy atom. The van der Waals surface area contributed by atoms with Crippen LogP contribution in [0.5, 0.6) is 0 Å². The zero-order valence-corrected chi connectivity index (χ0v) is 7.23. The molecule has 2 nitrogen and oxygen atoms in total. The van der Waals surface area contributed by atoms with Gasteiger partial charge in [0.1, 0.15) is 11.6 Å². The molecule has 66 valence electrons. The molecule has 0 aromatic carbocycles. The van der Waals surface area contributed by atoms with Crippen LogP contribution in [0.4, 0.5) is 4.39 Å². The molecule has 1 aliphatic rings. The predicted molar refractivity (Wildman–Crippen MR) is 46.0 cm³/mol. The first-order valence-electron chi connectivity index (χ1n) is 3.76. The fraction of sp³-hybridized carbons (Fsp3) is 0.333. The molecule has 0 unspecified atom stereocenters. The summed E-state index contributed by atoms with van der Waals surface area (Å²) in [5.41, 5.74) is 0.483. The largest absolute Gasteiger partial charge is 0.497 e. The molecular formula is C9H12FNO. The van der Waals surface area contributed by atoms with Gasteiger partial charge in [-0.2, -0.15) is 0 Å². The second kappa shape index (κ2) is 3.95. The lowest BCUT2D eigenvalue weighted by Crippen LogP contribution is -2.05. The van der Waals surface area contributed by atoms with Gasteiger partial charge in [0.15, 0.2) is 0 Å². The second-order valence-corrected chi connectivity index (χ2v) is 2.43. The molecule has 0 aromatic rings. The van der Waals surface area contributed by atoms with E-state index >= 15 is 0 Å². The molecule has 0 aromatic heterocycles. The van der Waals surface area contributed by atoms with Gasteiger partial charge in [-0.25, -0.2) is 4.39 Å². The zero-order chi connectivity index (χ0) is 8.97. The van der Waals surface area contributed by atoms with E-state index in [0.29, 0.717) is 17.9 Å². The van der Waals surface area contributed by atoms with Crippen molar-refractivity contribution in [1.82, 2.24) is 5.32 Å². The van der Waals surface area contributed by atoms with Crippen molar-refractivity contribution in [2.24, 2.45) is 0 Å². The fourth-order valence-electron chi connectivity index (χ4n) is 0.992. The summed E-state index contributed by atoms with van der Waals surface area (Å²) in [5, 5.41) is 2.77. The van der Waals surface area contributed by atoms with E-state index in [9.17, 15) is 4.39 Å². The Balaban J connectivity index is 2.93. The summed E-state index contributed by atoms with van der Waals surface area (Å²) < 4.78 is 18.1. The van der Waals surface area contributed by atoms with Crippen molar-refractivity contribution in [2.45, 2.75) is 6.42 Å². The van der Waals surface area contributed by atoms with E-state index in [0.717, 1.165) is 0 Å². The maximum Gasteiger partial charge on any atom is 0.127 e. The van der Waals surface area contributed by atoms with Crippen molar-refractivity contribution in [3.05, 3.63) is 35.5 Å². The summed E-state index contributed by atoms with van der Waals surface area (Å²) in [7, 11) is 3.25. The highest BCUT2D eigenvalue weighted by molar-refractivity contribution is 5.31. The van der Waals surface area contributed by atoms with Crippen LogP contribution in [0, 0.1) is 0 Å². The molecule has 0 radical (unpaired) electrons. The number of hydrogen-bond acceptors (Lipinski definition) is 2. The van der Waals surface area contributed by atoms with E-state index in [2.05, 4.69) is 5.32 Å². The summed E-state index contributed by atoms with van der Waals surface area (Å²) in [6.45, 7) is 0. The van der Waals surface area contributed by atoms with E-state index in [4.69, 9.17) is 4.74 Å². The molecule has 0 saturated carbocycles. The fourth-order valence-corrected chi connectivity index (χ4v) is 0.992. The highest BCUT2D eigenvalue weighted by Gasteiger charge is 2.05. The lowest BCUT2D eigenvalue weighted by atomic mass is 10.3. The number of methoxy groups -OCH3 is 1. The van der Waals surface area contributed by atoms with Crippen LogP contribution in [0.2, 0.25) is 0 Å². The van der Waals surface area contributed by atoms with Gasteiger partial charge in [0.25, 0.3) is 0 Å². The molecule has 0 saturated heterocycles. The Morgan fingerprint density at radius 2 is 2.33 bits per heavy atom. The van der Waals surface area contributed by atoms with Crippen LogP contribution in [0.25, 0.3) is 0 Å². The highest BCUT2D eigenvalue weighted by atomic mass is 19.1. The molecule has 0 heterocycles. The van der Waals surface area contributed by atoms with Crippen molar-refractivity contribution in [1.29, 1.82) is 0 Å². The van der Waals surface area contributed by atoms with E-state index in [1.165, 1.54) is 0 Å². The summed E-state index contributed by atoms with van der Waals surface area (Å²) in [6, 6.07) is 0. The molecule has 0 atom stereocenters. The predicted octanol–water partition coefficient (Wildman–Crippen LogP) is 1.88. The van der Waals surface area contributed by atoms with Gasteiger partial charge >= 0.3 is 0 Å². The summed E-state index contributed by atoms with van der Waals surface area (Å²) in [5.74, 6) is 0.493. The van der Waals surface area contributed by atoms with Crippen LogP contribution < -0.4 is 5.32 Å². The van der Waals surface area contributed by atoms with E-state index in [-0.39, 0.29) is 5.83 Å². The number of likely N-dealkylation sites (N-methyl/N-ethyl adjacent to an activating group) is 1. The van der Waals surface area contributed by atoms with E-state index < -0.39 is 0 Å². The summed E-state index contributed by atoms with van der Waals surface area (Å²) in [4.78, 5) is 0. The van der Waals surface area contributed by atoms with Crippen molar-refractivity contribution in [3.8, 4) is 0 Å². The second-order valence-electron chi connectivity index (χ2n) is 2.43. The third-order valence-electron chi connectivity index (χ3n) is 1.66. The molecule has 0 bridgehead atoms. The zero-order valence-electron chi connectivity index (χ0n) is 7.23. The Kier molecular flexibility index (Phi) is 2.91. The quantitative estimate of drug-likeness (QED) is 0.681. The topological polar surface area (TPSA) is 21.3 Å². The van der Waals surface area contributed by atoms with Gasteiger partial charge in [0.2, 0.25) is 0 Å². The average molecular weight is 169 g/mol. The molecule has 0 amide bonds. The Morgan fingerprint density at radius 1 is 1.58 bits per heavy atom. The van der Waals surface area contributed by atoms with Gasteiger partial charge in [-0.15, -0.1) is 0 Å². The van der Waals surface area contributed by atoms with Gasteiger partial charge in [-0.05, 0) is 6.08 Å². The molecular weight excluding hydrogens is 157 g/mol. The monoisotopic (exact) mass is 169 g/mol. The van der Waals surface area contributed by atoms with Crippen LogP contribution in [0.1, 0.15) is 6.42 Å². The van der Waals surface area contributed by atoms with Crippen LogP contribution >= 0.6 is 0 Å². The van der Waals surface area contributed by atoms with Crippen molar-refractivity contribution < 1.29 is 9.13 Å². The molecule has 0 fully saturated rings. The maximum absolute atomic E-state index is 13.1. The first-order valence-corrected chi connectivity index (χ1v) is 3.76. The molecule has 3 heteroatoms. The number of hydrogen-bond donors (Lipinski definition) is 1. The molecule has 12 heavy (non-hydrogen) atoms. The number of rotatable bonds is 2. The average Bonchev–Trinajstić information content (AvgIpc) is 2.27. The minimum Gasteiger partial charge on any atom is -0.497 e. The van der Waals surface area contributed by atoms with Crippen LogP contribution in [-0.4, -0.2) is 14.2 Å². The molecule has 0 spiro atoms. The summed E-state index contributed by atoms with van der Waals surface area (Å²) >= 11 is 0. The van der Waals surface area contributed by atoms with Gasteiger partial charge in [0, 0.05) is 19.5 Å². The Hall–Kier alpha value is -1.25. The van der Waals surface area contributed by atoms with Crippen molar-refractivity contribution in [2.75, 3.05) is 14.2 Å². The van der Waals surface area contributed by atoms with Gasteiger partial charge in [0.05, 0.1) is 12.8 Å². The lowest BCUT2D eigenvalue weighted by molar-refractivity contribution is 0.306. The SMILES string of the molecule is CNC1=C(F)CC=CC(OC)=C1. The normalized spacial score (nSPS) is 17.1. The van der Waals surface area contributed by atoms with Crippen molar-refractivity contribution >= 4 is 0 Å².